The molecule has 0 aliphatic heterocycles. The zero-order chi connectivity index (χ0) is 9.14. The molecule has 0 saturated carbocycles. The normalized spacial score (nSPS) is 9.75. The zero-order valence-electron chi connectivity index (χ0n) is 6.03. The van der Waals surface area contributed by atoms with Crippen LogP contribution < -0.4 is 11.4 Å². The fourth-order valence-electron chi connectivity index (χ4n) is 0.731. The molecule has 12 heavy (non-hydrogen) atoms. The highest BCUT2D eigenvalue weighted by Crippen LogP contribution is 1.96. The van der Waals surface area contributed by atoms with Crippen LogP contribution in [0.2, 0.25) is 0 Å². The quantitative estimate of drug-likeness (QED) is 0.639. The van der Waals surface area contributed by atoms with Gasteiger partial charge >= 0.3 is 5.69 Å². The number of carbonyl (C=O) groups is 1. The summed E-state index contributed by atoms with van der Waals surface area (Å²) >= 11 is 5.07. The first kappa shape index (κ1) is 8.73. The third-order valence-electron chi connectivity index (χ3n) is 1.26. The Morgan fingerprint density at radius 3 is 2.92 bits per heavy atom. The summed E-state index contributed by atoms with van der Waals surface area (Å²) < 4.78 is 0.995. The number of carbonyl (C=O) groups excluding carboxylic acids is 1. The summed E-state index contributed by atoms with van der Waals surface area (Å²) in [6, 6.07) is 1.42. The van der Waals surface area contributed by atoms with E-state index >= 15 is 0 Å². The van der Waals surface area contributed by atoms with Crippen molar-refractivity contribution in [1.29, 1.82) is 0 Å². The minimum atomic E-state index is -0.656. The number of aromatic nitrogens is 2. The van der Waals surface area contributed by atoms with Gasteiger partial charge in [-0.05, 0) is 17.7 Å². The van der Waals surface area contributed by atoms with Crippen LogP contribution in [-0.2, 0) is 11.3 Å². The maximum absolute atomic E-state index is 10.9. The molecule has 0 fully saturated rings. The fourth-order valence-corrected chi connectivity index (χ4v) is 0.850. The Kier molecular flexibility index (Phi) is 2.44. The SMILES string of the molecule is Nc1ccnc(=O)n1CC(=O)Cl. The van der Waals surface area contributed by atoms with Crippen LogP contribution >= 0.6 is 11.6 Å². The summed E-state index contributed by atoms with van der Waals surface area (Å²) in [5.74, 6) is 0.170. The monoisotopic (exact) mass is 187 g/mol. The number of rotatable bonds is 2. The van der Waals surface area contributed by atoms with Crippen LogP contribution in [0.5, 0.6) is 0 Å². The minimum Gasteiger partial charge on any atom is -0.385 e. The second-order valence-electron chi connectivity index (χ2n) is 2.09. The minimum absolute atomic E-state index is 0.170. The van der Waals surface area contributed by atoms with Gasteiger partial charge in [-0.15, -0.1) is 0 Å². The van der Waals surface area contributed by atoms with Crippen molar-refractivity contribution in [2.24, 2.45) is 0 Å². The molecule has 0 amide bonds. The van der Waals surface area contributed by atoms with Crippen LogP contribution in [0.15, 0.2) is 17.1 Å². The maximum Gasteiger partial charge on any atom is 0.349 e. The lowest BCUT2D eigenvalue weighted by atomic mass is 10.5. The molecule has 1 heterocycles. The Balaban J connectivity index is 3.13. The van der Waals surface area contributed by atoms with Crippen LogP contribution in [-0.4, -0.2) is 14.8 Å². The number of nitrogens with zero attached hydrogens (tertiary/aromatic N) is 2. The van der Waals surface area contributed by atoms with E-state index in [1.54, 1.807) is 0 Å². The van der Waals surface area contributed by atoms with Crippen LogP contribution in [0, 0.1) is 0 Å². The van der Waals surface area contributed by atoms with Crippen LogP contribution in [0.25, 0.3) is 0 Å². The van der Waals surface area contributed by atoms with E-state index in [-0.39, 0.29) is 12.4 Å². The predicted octanol–water partition coefficient (Wildman–Crippen LogP) is -0.409. The predicted molar refractivity (Wildman–Crippen MR) is 43.8 cm³/mol. The summed E-state index contributed by atoms with van der Waals surface area (Å²) in [7, 11) is 0. The zero-order valence-corrected chi connectivity index (χ0v) is 6.78. The first-order chi connectivity index (χ1) is 5.61. The molecular formula is C6H6ClN3O2. The van der Waals surface area contributed by atoms with Crippen LogP contribution in [0.1, 0.15) is 0 Å². The van der Waals surface area contributed by atoms with E-state index in [2.05, 4.69) is 4.98 Å². The van der Waals surface area contributed by atoms with Gasteiger partial charge in [0, 0.05) is 6.20 Å². The second kappa shape index (κ2) is 3.36. The summed E-state index contributed by atoms with van der Waals surface area (Å²) in [6.45, 7) is -0.250. The van der Waals surface area contributed by atoms with Gasteiger partial charge in [-0.2, -0.15) is 0 Å². The maximum atomic E-state index is 10.9. The highest BCUT2D eigenvalue weighted by molar-refractivity contribution is 6.63. The first-order valence-electron chi connectivity index (χ1n) is 3.11. The van der Waals surface area contributed by atoms with E-state index in [4.69, 9.17) is 17.3 Å². The van der Waals surface area contributed by atoms with Gasteiger partial charge in [0.1, 0.15) is 12.4 Å². The molecule has 0 unspecified atom stereocenters. The van der Waals surface area contributed by atoms with Gasteiger partial charge in [-0.3, -0.25) is 9.36 Å². The number of halogens is 1. The van der Waals surface area contributed by atoms with E-state index < -0.39 is 10.9 Å². The molecule has 0 aliphatic rings. The van der Waals surface area contributed by atoms with Gasteiger partial charge < -0.3 is 5.73 Å². The first-order valence-corrected chi connectivity index (χ1v) is 3.48. The lowest BCUT2D eigenvalue weighted by molar-refractivity contribution is -0.112. The Morgan fingerprint density at radius 1 is 1.75 bits per heavy atom. The van der Waals surface area contributed by atoms with Gasteiger partial charge in [0.15, 0.2) is 0 Å². The summed E-state index contributed by atoms with van der Waals surface area (Å²) in [5.41, 5.74) is 4.80. The third-order valence-corrected chi connectivity index (χ3v) is 1.37. The molecule has 5 nitrogen and oxygen atoms in total. The molecule has 1 aromatic rings. The van der Waals surface area contributed by atoms with Crippen LogP contribution in [0.3, 0.4) is 0 Å². The number of anilines is 1. The largest absolute Gasteiger partial charge is 0.385 e. The summed E-state index contributed by atoms with van der Waals surface area (Å²) in [6.07, 6.45) is 1.27. The average Bonchev–Trinajstić information content (AvgIpc) is 1.97. The smallest absolute Gasteiger partial charge is 0.349 e. The Bertz CT molecular complexity index is 360. The van der Waals surface area contributed by atoms with Gasteiger partial charge in [-0.1, -0.05) is 0 Å². The van der Waals surface area contributed by atoms with E-state index in [1.165, 1.54) is 12.3 Å². The van der Waals surface area contributed by atoms with Gasteiger partial charge in [0.25, 0.3) is 0 Å². The van der Waals surface area contributed by atoms with E-state index in [1.807, 2.05) is 0 Å². The number of hydrogen-bond acceptors (Lipinski definition) is 4. The van der Waals surface area contributed by atoms with Crippen molar-refractivity contribution < 1.29 is 4.79 Å². The lowest BCUT2D eigenvalue weighted by Gasteiger charge is -2.03. The number of nitrogen functional groups attached to an aromatic ring is 1. The Labute approximate surface area is 72.8 Å². The van der Waals surface area contributed by atoms with Crippen molar-refractivity contribution in [1.82, 2.24) is 9.55 Å². The standard InChI is InChI=1S/C6H6ClN3O2/c7-4(11)3-10-5(8)1-2-9-6(10)12/h1-2H,3,8H2. The van der Waals surface area contributed by atoms with E-state index in [9.17, 15) is 9.59 Å². The molecule has 0 bridgehead atoms. The molecule has 2 N–H and O–H groups in total. The summed E-state index contributed by atoms with van der Waals surface area (Å²) in [5, 5.41) is -0.656. The van der Waals surface area contributed by atoms with E-state index in [0.29, 0.717) is 0 Å². The van der Waals surface area contributed by atoms with Crippen LogP contribution in [0.4, 0.5) is 5.82 Å². The molecule has 1 aromatic heterocycles. The lowest BCUT2D eigenvalue weighted by Crippen LogP contribution is -2.26. The van der Waals surface area contributed by atoms with Gasteiger partial charge in [0.05, 0.1) is 0 Å². The number of nitrogens with two attached hydrogens (primary N) is 1. The molecular weight excluding hydrogens is 182 g/mol. The third kappa shape index (κ3) is 1.82. The molecule has 1 rings (SSSR count). The molecule has 6 heteroatoms. The molecule has 0 aliphatic carbocycles. The van der Waals surface area contributed by atoms with Gasteiger partial charge in [0.2, 0.25) is 5.24 Å². The topological polar surface area (TPSA) is 78.0 Å². The van der Waals surface area contributed by atoms with E-state index in [0.717, 1.165) is 4.57 Å². The molecule has 0 radical (unpaired) electrons. The van der Waals surface area contributed by atoms with Crippen molar-refractivity contribution in [2.45, 2.75) is 6.54 Å². The van der Waals surface area contributed by atoms with Gasteiger partial charge in [-0.25, -0.2) is 9.78 Å². The fraction of sp³-hybridized carbons (Fsp3) is 0.167. The second-order valence-corrected chi connectivity index (χ2v) is 2.52. The van der Waals surface area contributed by atoms with Crippen molar-refractivity contribution in [3.05, 3.63) is 22.7 Å². The molecule has 0 saturated heterocycles. The average molecular weight is 188 g/mol. The molecule has 64 valence electrons. The summed E-state index contributed by atoms with van der Waals surface area (Å²) in [4.78, 5) is 24.8. The molecule has 0 aromatic carbocycles. The highest BCUT2D eigenvalue weighted by atomic mass is 35.5. The molecule has 0 atom stereocenters. The van der Waals surface area contributed by atoms with Crippen molar-refractivity contribution in [2.75, 3.05) is 5.73 Å². The van der Waals surface area contributed by atoms with Crippen molar-refractivity contribution >= 4 is 22.7 Å². The Hall–Kier alpha value is -1.36. The van der Waals surface area contributed by atoms with Crippen molar-refractivity contribution in [3.8, 4) is 0 Å². The molecule has 0 spiro atoms. The number of hydrogen-bond donors (Lipinski definition) is 1. The highest BCUT2D eigenvalue weighted by Gasteiger charge is 2.03. The van der Waals surface area contributed by atoms with Crippen molar-refractivity contribution in [3.63, 3.8) is 0 Å². The Morgan fingerprint density at radius 2 is 2.42 bits per heavy atom.